The van der Waals surface area contributed by atoms with Crippen LogP contribution in [0.4, 0.5) is 4.39 Å². The zero-order chi connectivity index (χ0) is 13.4. The molecule has 0 bridgehead atoms. The van der Waals surface area contributed by atoms with E-state index in [1.54, 1.807) is 19.2 Å². The molecular formula is C13H19ClFNO2. The SMILES string of the molecule is COCCOCCC(N)Cc1ccc(Cl)c(F)c1. The summed E-state index contributed by atoms with van der Waals surface area (Å²) >= 11 is 5.61. The summed E-state index contributed by atoms with van der Waals surface area (Å²) in [6, 6.07) is 4.71. The van der Waals surface area contributed by atoms with Gasteiger partial charge in [-0.25, -0.2) is 4.39 Å². The van der Waals surface area contributed by atoms with Gasteiger partial charge in [0.25, 0.3) is 0 Å². The van der Waals surface area contributed by atoms with Crippen molar-refractivity contribution in [2.45, 2.75) is 18.9 Å². The van der Waals surface area contributed by atoms with Crippen LogP contribution in [0.1, 0.15) is 12.0 Å². The molecule has 102 valence electrons. The molecule has 0 aliphatic carbocycles. The average Bonchev–Trinajstić information content (AvgIpc) is 2.34. The van der Waals surface area contributed by atoms with Crippen LogP contribution in [0, 0.1) is 5.82 Å². The second-order valence-electron chi connectivity index (χ2n) is 4.11. The molecule has 1 rings (SSSR count). The molecule has 1 atom stereocenters. The summed E-state index contributed by atoms with van der Waals surface area (Å²) in [4.78, 5) is 0. The summed E-state index contributed by atoms with van der Waals surface area (Å²) in [5, 5.41) is 0.134. The molecule has 1 aromatic rings. The molecule has 2 N–H and O–H groups in total. The van der Waals surface area contributed by atoms with Gasteiger partial charge in [0, 0.05) is 19.8 Å². The summed E-state index contributed by atoms with van der Waals surface area (Å²) in [7, 11) is 1.63. The number of halogens is 2. The molecule has 0 spiro atoms. The highest BCUT2D eigenvalue weighted by Crippen LogP contribution is 2.16. The van der Waals surface area contributed by atoms with Crippen LogP contribution in [0.25, 0.3) is 0 Å². The number of benzene rings is 1. The third kappa shape index (κ3) is 5.78. The second-order valence-corrected chi connectivity index (χ2v) is 4.51. The van der Waals surface area contributed by atoms with Crippen LogP contribution in [0.15, 0.2) is 18.2 Å². The summed E-state index contributed by atoms with van der Waals surface area (Å²) in [5.74, 6) is -0.405. The summed E-state index contributed by atoms with van der Waals surface area (Å²) in [6.07, 6.45) is 1.34. The van der Waals surface area contributed by atoms with Gasteiger partial charge in [-0.15, -0.1) is 0 Å². The monoisotopic (exact) mass is 275 g/mol. The summed E-state index contributed by atoms with van der Waals surface area (Å²) in [5.41, 5.74) is 6.79. The molecule has 1 aromatic carbocycles. The Hall–Kier alpha value is -0.680. The van der Waals surface area contributed by atoms with Gasteiger partial charge in [0.2, 0.25) is 0 Å². The maximum Gasteiger partial charge on any atom is 0.142 e. The fourth-order valence-corrected chi connectivity index (χ4v) is 1.67. The minimum absolute atomic E-state index is 0.0480. The van der Waals surface area contributed by atoms with E-state index in [-0.39, 0.29) is 11.1 Å². The molecule has 3 nitrogen and oxygen atoms in total. The smallest absolute Gasteiger partial charge is 0.142 e. The lowest BCUT2D eigenvalue weighted by Gasteiger charge is -2.12. The van der Waals surface area contributed by atoms with Crippen LogP contribution < -0.4 is 5.73 Å². The molecule has 0 radical (unpaired) electrons. The molecule has 0 aromatic heterocycles. The Morgan fingerprint density at radius 1 is 1.33 bits per heavy atom. The van der Waals surface area contributed by atoms with Gasteiger partial charge in [-0.3, -0.25) is 0 Å². The van der Waals surface area contributed by atoms with E-state index in [9.17, 15) is 4.39 Å². The average molecular weight is 276 g/mol. The summed E-state index contributed by atoms with van der Waals surface area (Å²) in [6.45, 7) is 1.73. The van der Waals surface area contributed by atoms with Gasteiger partial charge in [0.1, 0.15) is 5.82 Å². The Bertz CT molecular complexity index is 363. The van der Waals surface area contributed by atoms with E-state index < -0.39 is 5.82 Å². The van der Waals surface area contributed by atoms with Crippen LogP contribution >= 0.6 is 11.6 Å². The molecule has 18 heavy (non-hydrogen) atoms. The van der Waals surface area contributed by atoms with Gasteiger partial charge in [-0.2, -0.15) is 0 Å². The topological polar surface area (TPSA) is 44.5 Å². The van der Waals surface area contributed by atoms with E-state index in [4.69, 9.17) is 26.8 Å². The van der Waals surface area contributed by atoms with Crippen molar-refractivity contribution in [2.75, 3.05) is 26.9 Å². The standard InChI is InChI=1S/C13H19ClFNO2/c1-17-6-7-18-5-4-11(16)8-10-2-3-12(14)13(15)9-10/h2-3,9,11H,4-8,16H2,1H3. The Labute approximate surface area is 112 Å². The van der Waals surface area contributed by atoms with Crippen molar-refractivity contribution < 1.29 is 13.9 Å². The molecule has 0 saturated carbocycles. The van der Waals surface area contributed by atoms with Gasteiger partial charge in [-0.05, 0) is 30.5 Å². The van der Waals surface area contributed by atoms with Crippen LogP contribution in [0.3, 0.4) is 0 Å². The number of hydrogen-bond acceptors (Lipinski definition) is 3. The third-order valence-corrected chi connectivity index (χ3v) is 2.85. The minimum Gasteiger partial charge on any atom is -0.382 e. The maximum absolute atomic E-state index is 13.2. The lowest BCUT2D eigenvalue weighted by atomic mass is 10.0. The highest BCUT2D eigenvalue weighted by Gasteiger charge is 2.06. The Morgan fingerprint density at radius 2 is 2.11 bits per heavy atom. The van der Waals surface area contributed by atoms with E-state index in [1.807, 2.05) is 0 Å². The largest absolute Gasteiger partial charge is 0.382 e. The van der Waals surface area contributed by atoms with Crippen molar-refractivity contribution in [1.29, 1.82) is 0 Å². The first-order valence-corrected chi connectivity index (χ1v) is 6.27. The van der Waals surface area contributed by atoms with Gasteiger partial charge < -0.3 is 15.2 Å². The second kappa shape index (κ2) is 8.43. The lowest BCUT2D eigenvalue weighted by molar-refractivity contribution is 0.0672. The van der Waals surface area contributed by atoms with E-state index in [1.165, 1.54) is 6.07 Å². The van der Waals surface area contributed by atoms with Crippen molar-refractivity contribution in [2.24, 2.45) is 5.73 Å². The van der Waals surface area contributed by atoms with E-state index in [0.717, 1.165) is 12.0 Å². The van der Waals surface area contributed by atoms with Gasteiger partial charge in [-0.1, -0.05) is 17.7 Å². The number of methoxy groups -OCH3 is 1. The number of ether oxygens (including phenoxy) is 2. The van der Waals surface area contributed by atoms with Gasteiger partial charge in [0.05, 0.1) is 18.2 Å². The first-order valence-electron chi connectivity index (χ1n) is 5.89. The van der Waals surface area contributed by atoms with Crippen molar-refractivity contribution in [3.05, 3.63) is 34.6 Å². The van der Waals surface area contributed by atoms with Crippen molar-refractivity contribution in [1.82, 2.24) is 0 Å². The predicted octanol–water partition coefficient (Wildman–Crippen LogP) is 2.40. The molecule has 0 aliphatic heterocycles. The van der Waals surface area contributed by atoms with Gasteiger partial charge >= 0.3 is 0 Å². The molecular weight excluding hydrogens is 257 g/mol. The summed E-state index contributed by atoms with van der Waals surface area (Å²) < 4.78 is 23.4. The Kier molecular flexibility index (Phi) is 7.20. The fourth-order valence-electron chi connectivity index (χ4n) is 1.55. The Balaban J connectivity index is 2.26. The van der Waals surface area contributed by atoms with Crippen LogP contribution in [0.2, 0.25) is 5.02 Å². The number of rotatable bonds is 8. The van der Waals surface area contributed by atoms with Crippen LogP contribution in [0.5, 0.6) is 0 Å². The zero-order valence-electron chi connectivity index (χ0n) is 10.5. The van der Waals surface area contributed by atoms with Crippen LogP contribution in [-0.4, -0.2) is 33.0 Å². The first kappa shape index (κ1) is 15.4. The number of nitrogens with two attached hydrogens (primary N) is 1. The molecule has 0 heterocycles. The fraction of sp³-hybridized carbons (Fsp3) is 0.538. The van der Waals surface area contributed by atoms with E-state index in [0.29, 0.717) is 26.2 Å². The highest BCUT2D eigenvalue weighted by molar-refractivity contribution is 6.30. The van der Waals surface area contributed by atoms with Crippen molar-refractivity contribution >= 4 is 11.6 Å². The molecule has 0 aliphatic rings. The van der Waals surface area contributed by atoms with Crippen LogP contribution in [-0.2, 0) is 15.9 Å². The predicted molar refractivity (Wildman–Crippen MR) is 70.4 cm³/mol. The molecule has 0 amide bonds. The van der Waals surface area contributed by atoms with Gasteiger partial charge in [0.15, 0.2) is 0 Å². The molecule has 0 fully saturated rings. The molecule has 0 saturated heterocycles. The highest BCUT2D eigenvalue weighted by atomic mass is 35.5. The number of hydrogen-bond donors (Lipinski definition) is 1. The van der Waals surface area contributed by atoms with Crippen molar-refractivity contribution in [3.63, 3.8) is 0 Å². The lowest BCUT2D eigenvalue weighted by Crippen LogP contribution is -2.25. The third-order valence-electron chi connectivity index (χ3n) is 2.55. The van der Waals surface area contributed by atoms with E-state index in [2.05, 4.69) is 0 Å². The normalized spacial score (nSPS) is 12.7. The Morgan fingerprint density at radius 3 is 2.78 bits per heavy atom. The quantitative estimate of drug-likeness (QED) is 0.741. The molecule has 5 heteroatoms. The minimum atomic E-state index is -0.405. The maximum atomic E-state index is 13.2. The van der Waals surface area contributed by atoms with E-state index >= 15 is 0 Å². The molecule has 1 unspecified atom stereocenters. The van der Waals surface area contributed by atoms with Crippen molar-refractivity contribution in [3.8, 4) is 0 Å². The zero-order valence-corrected chi connectivity index (χ0v) is 11.3. The first-order chi connectivity index (χ1) is 8.63.